The van der Waals surface area contributed by atoms with Gasteiger partial charge in [0, 0.05) is 43.8 Å². The van der Waals surface area contributed by atoms with E-state index in [0.717, 1.165) is 24.1 Å². The summed E-state index contributed by atoms with van der Waals surface area (Å²) >= 11 is 6.02. The van der Waals surface area contributed by atoms with Gasteiger partial charge in [0.15, 0.2) is 11.6 Å². The molecule has 0 aliphatic carbocycles. The van der Waals surface area contributed by atoms with Gasteiger partial charge in [-0.25, -0.2) is 9.78 Å². The number of rotatable bonds is 3. The van der Waals surface area contributed by atoms with Crippen LogP contribution in [0.3, 0.4) is 0 Å². The molecular formula is C20H25ClN4O3. The molecule has 8 heteroatoms. The molecule has 1 aliphatic heterocycles. The van der Waals surface area contributed by atoms with Crippen LogP contribution in [-0.2, 0) is 0 Å². The highest BCUT2D eigenvalue weighted by Gasteiger charge is 2.29. The fourth-order valence-electron chi connectivity index (χ4n) is 3.25. The number of halogens is 1. The number of benzene rings is 1. The van der Waals surface area contributed by atoms with Gasteiger partial charge in [0.05, 0.1) is 0 Å². The number of hydrogen-bond acceptors (Lipinski definition) is 4. The molecule has 0 atom stereocenters. The zero-order valence-corrected chi connectivity index (χ0v) is 17.3. The monoisotopic (exact) mass is 404 g/mol. The Kier molecular flexibility index (Phi) is 5.93. The van der Waals surface area contributed by atoms with Gasteiger partial charge >= 0.3 is 6.03 Å². The fraction of sp³-hybridized carbons (Fsp3) is 0.450. The predicted octanol–water partition coefficient (Wildman–Crippen LogP) is 4.06. The third kappa shape index (κ3) is 4.30. The van der Waals surface area contributed by atoms with Crippen LogP contribution in [0.15, 0.2) is 22.6 Å². The standard InChI is InChI=1S/C20H25ClN4O3/c1-12-5-6-15(21)11-16(12)22-20(27)25-9-7-14(8-10-25)18-23-17(13(2)28-18)19(26)24(3)4/h5-6,11,14H,7-10H2,1-4H3,(H,22,27). The highest BCUT2D eigenvalue weighted by molar-refractivity contribution is 6.31. The van der Waals surface area contributed by atoms with E-state index in [4.69, 9.17) is 16.0 Å². The number of nitrogens with zero attached hydrogens (tertiary/aromatic N) is 3. The molecule has 0 saturated carbocycles. The van der Waals surface area contributed by atoms with Gasteiger partial charge in [-0.05, 0) is 44.4 Å². The molecule has 1 N–H and O–H groups in total. The van der Waals surface area contributed by atoms with E-state index in [1.165, 1.54) is 4.90 Å². The number of aryl methyl sites for hydroxylation is 2. The molecule has 3 rings (SSSR count). The number of carbonyl (C=O) groups excluding carboxylic acids is 2. The quantitative estimate of drug-likeness (QED) is 0.836. The Morgan fingerprint density at radius 1 is 1.25 bits per heavy atom. The normalized spacial score (nSPS) is 14.8. The molecule has 2 heterocycles. The average molecular weight is 405 g/mol. The van der Waals surface area contributed by atoms with E-state index in [1.807, 2.05) is 13.0 Å². The lowest BCUT2D eigenvalue weighted by Crippen LogP contribution is -2.40. The van der Waals surface area contributed by atoms with Gasteiger partial charge in [0.2, 0.25) is 0 Å². The lowest BCUT2D eigenvalue weighted by molar-refractivity contribution is 0.0821. The van der Waals surface area contributed by atoms with Crippen molar-refractivity contribution in [1.82, 2.24) is 14.8 Å². The second-order valence-corrected chi connectivity index (χ2v) is 7.74. The lowest BCUT2D eigenvalue weighted by Gasteiger charge is -2.30. The zero-order valence-electron chi connectivity index (χ0n) is 16.6. The Balaban J connectivity index is 1.61. The average Bonchev–Trinajstić information content (AvgIpc) is 3.05. The van der Waals surface area contributed by atoms with Crippen LogP contribution >= 0.6 is 11.6 Å². The molecule has 1 saturated heterocycles. The number of anilines is 1. The van der Waals surface area contributed by atoms with Crippen LogP contribution in [0.2, 0.25) is 5.02 Å². The van der Waals surface area contributed by atoms with Crippen molar-refractivity contribution in [3.8, 4) is 0 Å². The number of carbonyl (C=O) groups is 2. The molecular weight excluding hydrogens is 380 g/mol. The lowest BCUT2D eigenvalue weighted by atomic mass is 9.97. The molecule has 150 valence electrons. The molecule has 0 bridgehead atoms. The van der Waals surface area contributed by atoms with E-state index >= 15 is 0 Å². The number of likely N-dealkylation sites (tertiary alicyclic amines) is 1. The summed E-state index contributed by atoms with van der Waals surface area (Å²) in [5.41, 5.74) is 2.03. The first-order valence-corrected chi connectivity index (χ1v) is 9.65. The number of urea groups is 1. The summed E-state index contributed by atoms with van der Waals surface area (Å²) in [6.07, 6.45) is 1.47. The van der Waals surface area contributed by atoms with Crippen LogP contribution in [-0.4, -0.2) is 53.9 Å². The summed E-state index contributed by atoms with van der Waals surface area (Å²) in [6, 6.07) is 5.28. The Hall–Kier alpha value is -2.54. The predicted molar refractivity (Wildman–Crippen MR) is 108 cm³/mol. The third-order valence-corrected chi connectivity index (χ3v) is 5.23. The molecule has 1 aromatic carbocycles. The maximum atomic E-state index is 12.6. The van der Waals surface area contributed by atoms with Crippen molar-refractivity contribution >= 4 is 29.2 Å². The third-order valence-electron chi connectivity index (χ3n) is 4.99. The van der Waals surface area contributed by atoms with Crippen LogP contribution in [0.25, 0.3) is 0 Å². The largest absolute Gasteiger partial charge is 0.445 e. The van der Waals surface area contributed by atoms with E-state index in [-0.39, 0.29) is 17.9 Å². The molecule has 28 heavy (non-hydrogen) atoms. The van der Waals surface area contributed by atoms with Gasteiger partial charge in [-0.15, -0.1) is 0 Å². The molecule has 3 amide bonds. The number of piperidine rings is 1. The summed E-state index contributed by atoms with van der Waals surface area (Å²) in [5, 5.41) is 3.51. The molecule has 1 fully saturated rings. The number of nitrogens with one attached hydrogen (secondary N) is 1. The van der Waals surface area contributed by atoms with Crippen LogP contribution in [0, 0.1) is 13.8 Å². The Morgan fingerprint density at radius 3 is 2.57 bits per heavy atom. The first kappa shape index (κ1) is 20.2. The fourth-order valence-corrected chi connectivity index (χ4v) is 3.43. The van der Waals surface area contributed by atoms with Crippen molar-refractivity contribution in [1.29, 1.82) is 0 Å². The molecule has 7 nitrogen and oxygen atoms in total. The van der Waals surface area contributed by atoms with Gasteiger partial charge in [-0.3, -0.25) is 4.79 Å². The first-order valence-electron chi connectivity index (χ1n) is 9.27. The maximum absolute atomic E-state index is 12.6. The molecule has 1 aliphatic rings. The summed E-state index contributed by atoms with van der Waals surface area (Å²) in [6.45, 7) is 4.86. The summed E-state index contributed by atoms with van der Waals surface area (Å²) < 4.78 is 5.75. The highest BCUT2D eigenvalue weighted by Crippen LogP contribution is 2.29. The summed E-state index contributed by atoms with van der Waals surface area (Å²) in [7, 11) is 3.38. The van der Waals surface area contributed by atoms with Crippen molar-refractivity contribution in [2.24, 2.45) is 0 Å². The van der Waals surface area contributed by atoms with Crippen molar-refractivity contribution in [2.75, 3.05) is 32.5 Å². The van der Waals surface area contributed by atoms with E-state index in [0.29, 0.717) is 35.5 Å². The van der Waals surface area contributed by atoms with Gasteiger partial charge in [-0.1, -0.05) is 17.7 Å². The Bertz CT molecular complexity index is 886. The highest BCUT2D eigenvalue weighted by atomic mass is 35.5. The minimum absolute atomic E-state index is 0.0966. The number of aromatic nitrogens is 1. The number of amides is 3. The molecule has 2 aromatic rings. The minimum atomic E-state index is -0.166. The topological polar surface area (TPSA) is 78.7 Å². The van der Waals surface area contributed by atoms with E-state index in [2.05, 4.69) is 10.3 Å². The zero-order chi connectivity index (χ0) is 20.4. The van der Waals surface area contributed by atoms with Crippen LogP contribution in [0.5, 0.6) is 0 Å². The molecule has 1 aromatic heterocycles. The SMILES string of the molecule is Cc1ccc(Cl)cc1NC(=O)N1CCC(c2nc(C(=O)N(C)C)c(C)o2)CC1. The van der Waals surface area contributed by atoms with Crippen molar-refractivity contribution in [3.63, 3.8) is 0 Å². The second-order valence-electron chi connectivity index (χ2n) is 7.31. The Morgan fingerprint density at radius 2 is 1.93 bits per heavy atom. The Labute approximate surface area is 169 Å². The second kappa shape index (κ2) is 8.22. The van der Waals surface area contributed by atoms with E-state index in [9.17, 15) is 9.59 Å². The van der Waals surface area contributed by atoms with Crippen molar-refractivity contribution in [3.05, 3.63) is 46.1 Å². The smallest absolute Gasteiger partial charge is 0.321 e. The van der Waals surface area contributed by atoms with Gasteiger partial charge in [0.25, 0.3) is 5.91 Å². The molecule has 0 radical (unpaired) electrons. The van der Waals surface area contributed by atoms with Crippen LogP contribution < -0.4 is 5.32 Å². The van der Waals surface area contributed by atoms with Gasteiger partial charge in [0.1, 0.15) is 5.76 Å². The minimum Gasteiger partial charge on any atom is -0.445 e. The van der Waals surface area contributed by atoms with Crippen molar-refractivity contribution in [2.45, 2.75) is 32.6 Å². The first-order chi connectivity index (χ1) is 13.3. The number of oxazole rings is 1. The van der Waals surface area contributed by atoms with Crippen LogP contribution in [0.4, 0.5) is 10.5 Å². The maximum Gasteiger partial charge on any atom is 0.321 e. The van der Waals surface area contributed by atoms with Gasteiger partial charge in [-0.2, -0.15) is 0 Å². The molecule has 0 spiro atoms. The van der Waals surface area contributed by atoms with Crippen molar-refractivity contribution < 1.29 is 14.0 Å². The van der Waals surface area contributed by atoms with Gasteiger partial charge < -0.3 is 19.5 Å². The summed E-state index contributed by atoms with van der Waals surface area (Å²) in [5.74, 6) is 1.04. The van der Waals surface area contributed by atoms with Crippen LogP contribution in [0.1, 0.15) is 46.5 Å². The number of hydrogen-bond donors (Lipinski definition) is 1. The van der Waals surface area contributed by atoms with E-state index < -0.39 is 0 Å². The molecule has 0 unspecified atom stereocenters. The summed E-state index contributed by atoms with van der Waals surface area (Å²) in [4.78, 5) is 32.4. The van der Waals surface area contributed by atoms with E-state index in [1.54, 1.807) is 38.1 Å².